The number of sulfonamides is 1. The highest BCUT2D eigenvalue weighted by Crippen LogP contribution is 2.24. The van der Waals surface area contributed by atoms with Gasteiger partial charge in [0.25, 0.3) is 11.6 Å². The number of ether oxygens (including phenoxy) is 1. The summed E-state index contributed by atoms with van der Waals surface area (Å²) in [6.45, 7) is 0.655. The molecule has 0 saturated carbocycles. The molecule has 2 aromatic carbocycles. The number of rotatable bonds is 6. The fraction of sp³-hybridized carbons (Fsp3) is 0.348. The van der Waals surface area contributed by atoms with Crippen LogP contribution in [0, 0.1) is 10.1 Å². The predicted molar refractivity (Wildman–Crippen MR) is 132 cm³/mol. The highest BCUT2D eigenvalue weighted by atomic mass is 32.2. The van der Waals surface area contributed by atoms with Gasteiger partial charge in [-0.1, -0.05) is 24.2 Å². The van der Waals surface area contributed by atoms with E-state index >= 15 is 0 Å². The lowest BCUT2D eigenvalue weighted by Gasteiger charge is -2.19. The largest absolute Gasteiger partial charge is 0.468 e. The second-order valence-electron chi connectivity index (χ2n) is 8.22. The second-order valence-corrected chi connectivity index (χ2v) is 11.2. The summed E-state index contributed by atoms with van der Waals surface area (Å²) in [5.74, 6) is -1.26. The fourth-order valence-corrected chi connectivity index (χ4v) is 6.48. The van der Waals surface area contributed by atoms with Gasteiger partial charge in [-0.05, 0) is 43.2 Å². The Hall–Kier alpha value is -3.42. The van der Waals surface area contributed by atoms with Crippen molar-refractivity contribution in [3.05, 3.63) is 62.9 Å². The number of nitro benzene ring substituents is 1. The standard InChI is InChI=1S/C23H24N4O7S2/c1-34-21(28)15-26-19-14-17(27(30)31)8-11-20(19)35-23(26)24-22(29)16-6-9-18(10-7-16)36(32,33)25-12-4-2-3-5-13-25/h6-11,14H,2-5,12-13,15H2,1H3. The second kappa shape index (κ2) is 10.7. The zero-order valence-corrected chi connectivity index (χ0v) is 21.1. The maximum atomic E-state index is 13.0. The number of esters is 1. The van der Waals surface area contributed by atoms with Gasteiger partial charge in [-0.25, -0.2) is 8.42 Å². The maximum Gasteiger partial charge on any atom is 0.325 e. The molecule has 0 spiro atoms. The molecule has 0 unspecified atom stereocenters. The molecule has 0 bridgehead atoms. The van der Waals surface area contributed by atoms with E-state index in [0.29, 0.717) is 23.3 Å². The fourth-order valence-electron chi connectivity index (χ4n) is 3.95. The van der Waals surface area contributed by atoms with Gasteiger partial charge in [-0.15, -0.1) is 0 Å². The van der Waals surface area contributed by atoms with Crippen LogP contribution in [0.25, 0.3) is 10.2 Å². The van der Waals surface area contributed by atoms with E-state index in [0.717, 1.165) is 37.0 Å². The van der Waals surface area contributed by atoms with E-state index in [-0.39, 0.29) is 27.5 Å². The number of non-ortho nitro benzene ring substituents is 1. The molecule has 190 valence electrons. The lowest BCUT2D eigenvalue weighted by molar-refractivity contribution is -0.384. The first kappa shape index (κ1) is 25.7. The lowest BCUT2D eigenvalue weighted by atomic mass is 10.2. The number of carbonyl (C=O) groups excluding carboxylic acids is 2. The van der Waals surface area contributed by atoms with Crippen molar-refractivity contribution in [1.29, 1.82) is 0 Å². The Bertz CT molecular complexity index is 1480. The van der Waals surface area contributed by atoms with Gasteiger partial charge in [0.15, 0.2) is 4.80 Å². The van der Waals surface area contributed by atoms with Crippen molar-refractivity contribution in [2.75, 3.05) is 20.2 Å². The third-order valence-corrected chi connectivity index (χ3v) is 8.86. The Balaban J connectivity index is 1.68. The van der Waals surface area contributed by atoms with E-state index in [9.17, 15) is 28.1 Å². The number of aromatic nitrogens is 1. The number of nitrogens with zero attached hydrogens (tertiary/aromatic N) is 4. The first-order valence-electron chi connectivity index (χ1n) is 11.2. The van der Waals surface area contributed by atoms with Crippen LogP contribution in [0.5, 0.6) is 0 Å². The van der Waals surface area contributed by atoms with Crippen LogP contribution in [0.4, 0.5) is 5.69 Å². The molecule has 1 aliphatic rings. The Morgan fingerprint density at radius 3 is 2.36 bits per heavy atom. The average molecular weight is 533 g/mol. The summed E-state index contributed by atoms with van der Waals surface area (Å²) in [5.41, 5.74) is 0.362. The maximum absolute atomic E-state index is 13.0. The minimum absolute atomic E-state index is 0.107. The molecule has 0 atom stereocenters. The van der Waals surface area contributed by atoms with Gasteiger partial charge >= 0.3 is 5.97 Å². The van der Waals surface area contributed by atoms with Crippen LogP contribution in [0.15, 0.2) is 52.4 Å². The SMILES string of the molecule is COC(=O)Cn1c(=NC(=O)c2ccc(S(=O)(=O)N3CCCCCC3)cc2)sc2ccc([N+](=O)[O-])cc21. The van der Waals surface area contributed by atoms with Crippen molar-refractivity contribution in [3.63, 3.8) is 0 Å². The first-order chi connectivity index (χ1) is 17.2. The quantitative estimate of drug-likeness (QED) is 0.270. The summed E-state index contributed by atoms with van der Waals surface area (Å²) >= 11 is 1.09. The summed E-state index contributed by atoms with van der Waals surface area (Å²) in [4.78, 5) is 39.9. The Labute approximate surface area is 210 Å². The minimum atomic E-state index is -3.66. The normalized spacial score (nSPS) is 15.5. The Kier molecular flexibility index (Phi) is 7.62. The molecule has 0 N–H and O–H groups in total. The molecule has 36 heavy (non-hydrogen) atoms. The topological polar surface area (TPSA) is 141 Å². The van der Waals surface area contributed by atoms with E-state index in [1.54, 1.807) is 0 Å². The molecule has 3 aromatic rings. The number of nitro groups is 1. The van der Waals surface area contributed by atoms with Crippen molar-refractivity contribution >= 4 is 49.1 Å². The summed E-state index contributed by atoms with van der Waals surface area (Å²) in [5, 5.41) is 11.2. The van der Waals surface area contributed by atoms with Crippen LogP contribution in [0.3, 0.4) is 0 Å². The molecule has 0 radical (unpaired) electrons. The van der Waals surface area contributed by atoms with Gasteiger partial charge in [-0.2, -0.15) is 9.30 Å². The molecule has 1 aromatic heterocycles. The smallest absolute Gasteiger partial charge is 0.325 e. The summed E-state index contributed by atoms with van der Waals surface area (Å²) in [7, 11) is -2.44. The van der Waals surface area contributed by atoms with Crippen molar-refractivity contribution in [1.82, 2.24) is 8.87 Å². The van der Waals surface area contributed by atoms with Crippen LogP contribution < -0.4 is 4.80 Å². The van der Waals surface area contributed by atoms with Crippen LogP contribution in [0.2, 0.25) is 0 Å². The zero-order valence-electron chi connectivity index (χ0n) is 19.5. The van der Waals surface area contributed by atoms with Gasteiger partial charge in [0.1, 0.15) is 6.54 Å². The van der Waals surface area contributed by atoms with Gasteiger partial charge in [0.05, 0.1) is 27.1 Å². The van der Waals surface area contributed by atoms with Crippen molar-refractivity contribution in [2.45, 2.75) is 37.1 Å². The monoisotopic (exact) mass is 532 g/mol. The number of hydrogen-bond acceptors (Lipinski definition) is 8. The molecular formula is C23H24N4O7S2. The summed E-state index contributed by atoms with van der Waals surface area (Å²) in [6, 6.07) is 9.74. The lowest BCUT2D eigenvalue weighted by Crippen LogP contribution is -2.31. The third kappa shape index (κ3) is 5.37. The number of hydrogen-bond donors (Lipinski definition) is 0. The molecular weight excluding hydrogens is 508 g/mol. The van der Waals surface area contributed by atoms with Gasteiger partial charge in [0.2, 0.25) is 10.0 Å². The van der Waals surface area contributed by atoms with Gasteiger partial charge in [-0.3, -0.25) is 19.7 Å². The summed E-state index contributed by atoms with van der Waals surface area (Å²) in [6.07, 6.45) is 3.64. The number of methoxy groups -OCH3 is 1. The van der Waals surface area contributed by atoms with Crippen LogP contribution in [-0.2, 0) is 26.1 Å². The van der Waals surface area contributed by atoms with E-state index in [4.69, 9.17) is 4.74 Å². The summed E-state index contributed by atoms with van der Waals surface area (Å²) < 4.78 is 34.2. The van der Waals surface area contributed by atoms with Gasteiger partial charge < -0.3 is 9.30 Å². The van der Waals surface area contributed by atoms with E-state index in [1.165, 1.54) is 58.4 Å². The van der Waals surface area contributed by atoms with E-state index in [1.807, 2.05) is 0 Å². The molecule has 11 nitrogen and oxygen atoms in total. The number of carbonyl (C=O) groups is 2. The van der Waals surface area contributed by atoms with E-state index in [2.05, 4.69) is 4.99 Å². The highest BCUT2D eigenvalue weighted by molar-refractivity contribution is 7.89. The molecule has 2 heterocycles. The molecule has 0 aliphatic carbocycles. The Morgan fingerprint density at radius 1 is 1.08 bits per heavy atom. The van der Waals surface area contributed by atoms with Gasteiger partial charge in [0, 0.05) is 30.8 Å². The molecule has 1 saturated heterocycles. The number of amides is 1. The Morgan fingerprint density at radius 2 is 1.75 bits per heavy atom. The molecule has 1 amide bonds. The molecule has 13 heteroatoms. The van der Waals surface area contributed by atoms with Crippen LogP contribution >= 0.6 is 11.3 Å². The average Bonchev–Trinajstić information content (AvgIpc) is 3.03. The zero-order chi connectivity index (χ0) is 25.9. The van der Waals surface area contributed by atoms with Crippen LogP contribution in [0.1, 0.15) is 36.0 Å². The van der Waals surface area contributed by atoms with Crippen LogP contribution in [-0.4, -0.2) is 54.3 Å². The predicted octanol–water partition coefficient (Wildman–Crippen LogP) is 3.09. The van der Waals surface area contributed by atoms with Crippen molar-refractivity contribution < 1.29 is 27.7 Å². The number of fused-ring (bicyclic) bond motifs is 1. The molecule has 1 fully saturated rings. The third-order valence-electron chi connectivity index (χ3n) is 5.89. The first-order valence-corrected chi connectivity index (χ1v) is 13.5. The number of thiazole rings is 1. The van der Waals surface area contributed by atoms with Crippen molar-refractivity contribution in [2.24, 2.45) is 4.99 Å². The molecule has 4 rings (SSSR count). The minimum Gasteiger partial charge on any atom is -0.468 e. The number of benzene rings is 2. The highest BCUT2D eigenvalue weighted by Gasteiger charge is 2.25. The molecule has 1 aliphatic heterocycles. The van der Waals surface area contributed by atoms with E-state index < -0.39 is 26.8 Å². The van der Waals surface area contributed by atoms with Crippen molar-refractivity contribution in [3.8, 4) is 0 Å².